The van der Waals surface area contributed by atoms with E-state index >= 15 is 0 Å². The van der Waals surface area contributed by atoms with Crippen molar-refractivity contribution >= 4 is 22.6 Å². The Morgan fingerprint density at radius 3 is 2.59 bits per heavy atom. The molecule has 1 aliphatic heterocycles. The Balaban J connectivity index is 1.64. The fourth-order valence-corrected chi connectivity index (χ4v) is 4.17. The number of hydrogen-bond donors (Lipinski definition) is 2. The van der Waals surface area contributed by atoms with Gasteiger partial charge < -0.3 is 10.3 Å². The van der Waals surface area contributed by atoms with Gasteiger partial charge in [-0.3, -0.25) is 19.4 Å². The second-order valence-electron chi connectivity index (χ2n) is 9.17. The van der Waals surface area contributed by atoms with Gasteiger partial charge >= 0.3 is 0 Å². The molecule has 6 heteroatoms. The number of nitrogens with zero attached hydrogens (tertiary/aromatic N) is 2. The van der Waals surface area contributed by atoms with Gasteiger partial charge in [-0.1, -0.05) is 18.2 Å². The van der Waals surface area contributed by atoms with Crippen LogP contribution in [-0.4, -0.2) is 70.8 Å². The topological polar surface area (TPSA) is 68.4 Å². The molecule has 158 valence electrons. The molecule has 6 nitrogen and oxygen atoms in total. The molecule has 29 heavy (non-hydrogen) atoms. The van der Waals surface area contributed by atoms with Crippen molar-refractivity contribution in [1.82, 2.24) is 20.1 Å². The number of aromatic amines is 1. The van der Waals surface area contributed by atoms with Gasteiger partial charge in [0.25, 0.3) is 0 Å². The van der Waals surface area contributed by atoms with Crippen LogP contribution in [-0.2, 0) is 4.79 Å². The number of H-pyrrole nitrogens is 1. The smallest absolute Gasteiger partial charge is 0.234 e. The fraction of sp³-hybridized carbons (Fsp3) is 0.565. The number of carbonyl (C=O) groups excluding carboxylic acids is 2. The maximum atomic E-state index is 13.3. The number of rotatable bonds is 5. The summed E-state index contributed by atoms with van der Waals surface area (Å²) >= 11 is 0. The zero-order chi connectivity index (χ0) is 21.2. The number of benzene rings is 1. The molecule has 1 aliphatic rings. The summed E-state index contributed by atoms with van der Waals surface area (Å²) in [4.78, 5) is 33.4. The number of carbonyl (C=O) groups is 2. The molecule has 0 radical (unpaired) electrons. The highest BCUT2D eigenvalue weighted by atomic mass is 16.2. The van der Waals surface area contributed by atoms with Crippen molar-refractivity contribution < 1.29 is 9.59 Å². The molecule has 2 heterocycles. The van der Waals surface area contributed by atoms with Crippen LogP contribution in [0.1, 0.15) is 50.2 Å². The molecule has 0 saturated carbocycles. The SMILES string of the molecule is Cc1[nH]c2ccccc2c1C(=O)[C@H](C)N1CCCN(CC(=O)NC(C)(C)C)CC1. The molecule has 2 N–H and O–H groups in total. The Hall–Kier alpha value is -2.18. The first-order valence-electron chi connectivity index (χ1n) is 10.5. The lowest BCUT2D eigenvalue weighted by Crippen LogP contribution is -2.47. The van der Waals surface area contributed by atoms with Gasteiger partial charge in [0.05, 0.1) is 12.6 Å². The molecule has 3 rings (SSSR count). The van der Waals surface area contributed by atoms with Crippen molar-refractivity contribution in [2.45, 2.75) is 52.6 Å². The maximum Gasteiger partial charge on any atom is 0.234 e. The minimum absolute atomic E-state index is 0.0597. The first-order chi connectivity index (χ1) is 13.7. The lowest BCUT2D eigenvalue weighted by molar-refractivity contribution is -0.123. The molecule has 2 aromatic rings. The molecular weight excluding hydrogens is 364 g/mol. The third kappa shape index (κ3) is 5.25. The van der Waals surface area contributed by atoms with Crippen molar-refractivity contribution in [3.05, 3.63) is 35.5 Å². The lowest BCUT2D eigenvalue weighted by Gasteiger charge is -2.27. The summed E-state index contributed by atoms with van der Waals surface area (Å²) in [7, 11) is 0. The highest BCUT2D eigenvalue weighted by Gasteiger charge is 2.28. The molecule has 1 saturated heterocycles. The van der Waals surface area contributed by atoms with Crippen LogP contribution in [0.4, 0.5) is 0 Å². The van der Waals surface area contributed by atoms with Gasteiger partial charge in [0.2, 0.25) is 5.91 Å². The minimum Gasteiger partial charge on any atom is -0.358 e. The van der Waals surface area contributed by atoms with Crippen molar-refractivity contribution in [2.75, 3.05) is 32.7 Å². The first-order valence-corrected chi connectivity index (χ1v) is 10.5. The van der Waals surface area contributed by atoms with Gasteiger partial charge in [0.1, 0.15) is 0 Å². The summed E-state index contributed by atoms with van der Waals surface area (Å²) < 4.78 is 0. The summed E-state index contributed by atoms with van der Waals surface area (Å²) in [6, 6.07) is 7.79. The van der Waals surface area contributed by atoms with Crippen LogP contribution in [0.25, 0.3) is 10.9 Å². The van der Waals surface area contributed by atoms with Gasteiger partial charge in [0.15, 0.2) is 5.78 Å². The van der Waals surface area contributed by atoms with Gasteiger partial charge in [0, 0.05) is 47.3 Å². The molecule has 0 bridgehead atoms. The zero-order valence-corrected chi connectivity index (χ0v) is 18.3. The summed E-state index contributed by atoms with van der Waals surface area (Å²) in [6.45, 7) is 13.7. The summed E-state index contributed by atoms with van der Waals surface area (Å²) in [6.07, 6.45) is 0.952. The highest BCUT2D eigenvalue weighted by Crippen LogP contribution is 2.24. The summed E-state index contributed by atoms with van der Waals surface area (Å²) in [5, 5.41) is 4.03. The predicted octanol–water partition coefficient (Wildman–Crippen LogP) is 2.97. The molecule has 1 atom stereocenters. The summed E-state index contributed by atoms with van der Waals surface area (Å²) in [5.41, 5.74) is 2.53. The number of hydrogen-bond acceptors (Lipinski definition) is 4. The van der Waals surface area contributed by atoms with Crippen LogP contribution in [0.15, 0.2) is 24.3 Å². The number of para-hydroxylation sites is 1. The molecule has 1 aromatic carbocycles. The first kappa shape index (κ1) is 21.5. The van der Waals surface area contributed by atoms with Crippen LogP contribution in [0.5, 0.6) is 0 Å². The van der Waals surface area contributed by atoms with E-state index in [1.807, 2.05) is 58.9 Å². The second-order valence-corrected chi connectivity index (χ2v) is 9.17. The quantitative estimate of drug-likeness (QED) is 0.760. The van der Waals surface area contributed by atoms with Crippen LogP contribution < -0.4 is 5.32 Å². The Morgan fingerprint density at radius 2 is 1.86 bits per heavy atom. The number of fused-ring (bicyclic) bond motifs is 1. The Labute approximate surface area is 173 Å². The van der Waals surface area contributed by atoms with E-state index in [1.165, 1.54) is 0 Å². The van der Waals surface area contributed by atoms with E-state index in [1.54, 1.807) is 0 Å². The van der Waals surface area contributed by atoms with E-state index in [0.717, 1.165) is 54.8 Å². The highest BCUT2D eigenvalue weighted by molar-refractivity contribution is 6.11. The Kier molecular flexibility index (Phi) is 6.44. The molecular formula is C23H34N4O2. The maximum absolute atomic E-state index is 13.3. The Morgan fingerprint density at radius 1 is 1.14 bits per heavy atom. The molecule has 1 amide bonds. The van der Waals surface area contributed by atoms with Crippen LogP contribution >= 0.6 is 0 Å². The van der Waals surface area contributed by atoms with Crippen molar-refractivity contribution in [2.24, 2.45) is 0 Å². The number of aryl methyl sites for hydroxylation is 1. The number of Topliss-reactive ketones (excluding diaryl/α,β-unsaturated/α-hetero) is 1. The molecule has 1 aromatic heterocycles. The van der Waals surface area contributed by atoms with Crippen molar-refractivity contribution in [3.8, 4) is 0 Å². The van der Waals surface area contributed by atoms with E-state index in [-0.39, 0.29) is 23.3 Å². The van der Waals surface area contributed by atoms with Gasteiger partial charge in [-0.2, -0.15) is 0 Å². The number of nitrogens with one attached hydrogen (secondary N) is 2. The third-order valence-electron chi connectivity index (χ3n) is 5.57. The van der Waals surface area contributed by atoms with Crippen molar-refractivity contribution in [3.63, 3.8) is 0 Å². The fourth-order valence-electron chi connectivity index (χ4n) is 4.17. The normalized spacial score (nSPS) is 17.8. The molecule has 0 spiro atoms. The standard InChI is InChI=1S/C23H34N4O2/c1-16-21(18-9-6-7-10-19(18)24-16)22(29)17(2)27-12-8-11-26(13-14-27)15-20(28)25-23(3,4)5/h6-7,9-10,17,24H,8,11-15H2,1-5H3,(H,25,28)/t17-/m0/s1. The molecule has 0 unspecified atom stereocenters. The Bertz CT molecular complexity index is 881. The monoisotopic (exact) mass is 398 g/mol. The van der Waals surface area contributed by atoms with Gasteiger partial charge in [-0.15, -0.1) is 0 Å². The van der Waals surface area contributed by atoms with E-state index in [4.69, 9.17) is 0 Å². The number of amides is 1. The average Bonchev–Trinajstić information content (AvgIpc) is 2.80. The largest absolute Gasteiger partial charge is 0.358 e. The van der Waals surface area contributed by atoms with E-state index in [0.29, 0.717) is 6.54 Å². The number of aromatic nitrogens is 1. The predicted molar refractivity (Wildman–Crippen MR) is 117 cm³/mol. The number of ketones is 1. The van der Waals surface area contributed by atoms with Gasteiger partial charge in [-0.05, 0) is 53.7 Å². The van der Waals surface area contributed by atoms with Crippen LogP contribution in [0.2, 0.25) is 0 Å². The molecule has 1 fully saturated rings. The van der Waals surface area contributed by atoms with E-state index in [9.17, 15) is 9.59 Å². The molecule has 0 aliphatic carbocycles. The average molecular weight is 399 g/mol. The van der Waals surface area contributed by atoms with Crippen molar-refractivity contribution in [1.29, 1.82) is 0 Å². The van der Waals surface area contributed by atoms with Gasteiger partial charge in [-0.25, -0.2) is 0 Å². The van der Waals surface area contributed by atoms with Crippen LogP contribution in [0, 0.1) is 6.92 Å². The minimum atomic E-state index is -0.215. The summed E-state index contributed by atoms with van der Waals surface area (Å²) in [5.74, 6) is 0.225. The van der Waals surface area contributed by atoms with E-state index in [2.05, 4.69) is 20.1 Å². The lowest BCUT2D eigenvalue weighted by atomic mass is 10.0. The second kappa shape index (κ2) is 8.67. The third-order valence-corrected chi connectivity index (χ3v) is 5.57. The zero-order valence-electron chi connectivity index (χ0n) is 18.3. The van der Waals surface area contributed by atoms with E-state index < -0.39 is 0 Å². The van der Waals surface area contributed by atoms with Crippen LogP contribution in [0.3, 0.4) is 0 Å².